The molecule has 2 aromatic rings. The molecular weight excluding hydrogens is 252 g/mol. The molecule has 0 saturated carbocycles. The zero-order valence-electron chi connectivity index (χ0n) is 11.6. The largest absolute Gasteiger partial charge is 0.330 e. The maximum absolute atomic E-state index is 12.1. The molecule has 0 saturated heterocycles. The average molecular weight is 272 g/mol. The SMILES string of the molecule is CCCc1cc(NC(=O)c2cccc(CCN)c2)n[nH]1. The van der Waals surface area contributed by atoms with Crippen molar-refractivity contribution in [2.24, 2.45) is 5.73 Å². The second-order valence-corrected chi connectivity index (χ2v) is 4.72. The minimum absolute atomic E-state index is 0.154. The lowest BCUT2D eigenvalue weighted by molar-refractivity contribution is 0.102. The third kappa shape index (κ3) is 3.68. The van der Waals surface area contributed by atoms with Crippen molar-refractivity contribution in [2.45, 2.75) is 26.2 Å². The summed E-state index contributed by atoms with van der Waals surface area (Å²) >= 11 is 0. The van der Waals surface area contributed by atoms with Gasteiger partial charge in [0.25, 0.3) is 5.91 Å². The van der Waals surface area contributed by atoms with Gasteiger partial charge in [-0.15, -0.1) is 0 Å². The second kappa shape index (κ2) is 6.86. The van der Waals surface area contributed by atoms with Crippen LogP contribution < -0.4 is 11.1 Å². The first-order valence-corrected chi connectivity index (χ1v) is 6.87. The van der Waals surface area contributed by atoms with E-state index >= 15 is 0 Å². The molecule has 0 atom stereocenters. The number of nitrogens with two attached hydrogens (primary N) is 1. The number of hydrogen-bond donors (Lipinski definition) is 3. The van der Waals surface area contributed by atoms with Gasteiger partial charge in [-0.25, -0.2) is 0 Å². The van der Waals surface area contributed by atoms with Gasteiger partial charge < -0.3 is 11.1 Å². The number of aryl methyl sites for hydroxylation is 1. The summed E-state index contributed by atoms with van der Waals surface area (Å²) in [4.78, 5) is 12.1. The molecule has 0 bridgehead atoms. The van der Waals surface area contributed by atoms with E-state index in [1.807, 2.05) is 24.3 Å². The van der Waals surface area contributed by atoms with Crippen LogP contribution in [-0.2, 0) is 12.8 Å². The Bertz CT molecular complexity index is 577. The molecule has 0 radical (unpaired) electrons. The van der Waals surface area contributed by atoms with Crippen molar-refractivity contribution in [1.29, 1.82) is 0 Å². The van der Waals surface area contributed by atoms with Crippen LogP contribution in [0.2, 0.25) is 0 Å². The minimum Gasteiger partial charge on any atom is -0.330 e. The van der Waals surface area contributed by atoms with E-state index in [9.17, 15) is 4.79 Å². The van der Waals surface area contributed by atoms with Gasteiger partial charge in [-0.1, -0.05) is 25.5 Å². The van der Waals surface area contributed by atoms with Crippen molar-refractivity contribution in [3.8, 4) is 0 Å². The van der Waals surface area contributed by atoms with Gasteiger partial charge in [0.2, 0.25) is 0 Å². The van der Waals surface area contributed by atoms with Crippen LogP contribution in [0.4, 0.5) is 5.82 Å². The molecule has 5 nitrogen and oxygen atoms in total. The van der Waals surface area contributed by atoms with Crippen LogP contribution >= 0.6 is 0 Å². The fourth-order valence-corrected chi connectivity index (χ4v) is 2.05. The molecule has 1 heterocycles. The van der Waals surface area contributed by atoms with Gasteiger partial charge in [-0.05, 0) is 37.1 Å². The predicted molar refractivity (Wildman–Crippen MR) is 79.7 cm³/mol. The number of hydrogen-bond acceptors (Lipinski definition) is 3. The number of anilines is 1. The standard InChI is InChI=1S/C15H20N4O/c1-2-4-13-10-14(19-18-13)17-15(20)12-6-3-5-11(9-12)7-8-16/h3,5-6,9-10H,2,4,7-8,16H2,1H3,(H2,17,18,19,20). The smallest absolute Gasteiger partial charge is 0.256 e. The zero-order valence-corrected chi connectivity index (χ0v) is 11.6. The summed E-state index contributed by atoms with van der Waals surface area (Å²) in [7, 11) is 0. The molecule has 0 aliphatic rings. The number of nitrogens with one attached hydrogen (secondary N) is 2. The normalized spacial score (nSPS) is 10.5. The highest BCUT2D eigenvalue weighted by Crippen LogP contribution is 2.11. The Balaban J connectivity index is 2.05. The van der Waals surface area contributed by atoms with E-state index in [1.54, 1.807) is 6.07 Å². The highest BCUT2D eigenvalue weighted by molar-refractivity contribution is 6.03. The van der Waals surface area contributed by atoms with Crippen LogP contribution in [-0.4, -0.2) is 22.6 Å². The summed E-state index contributed by atoms with van der Waals surface area (Å²) < 4.78 is 0. The molecule has 1 amide bonds. The Hall–Kier alpha value is -2.14. The number of H-pyrrole nitrogens is 1. The Morgan fingerprint density at radius 2 is 2.20 bits per heavy atom. The average Bonchev–Trinajstić information content (AvgIpc) is 2.87. The van der Waals surface area contributed by atoms with Gasteiger partial charge in [0.05, 0.1) is 0 Å². The van der Waals surface area contributed by atoms with Crippen molar-refractivity contribution in [3.05, 3.63) is 47.2 Å². The minimum atomic E-state index is -0.154. The number of carbonyl (C=O) groups excluding carboxylic acids is 1. The van der Waals surface area contributed by atoms with E-state index in [0.29, 0.717) is 17.9 Å². The fourth-order valence-electron chi connectivity index (χ4n) is 2.05. The highest BCUT2D eigenvalue weighted by atomic mass is 16.1. The number of rotatable bonds is 6. The number of aromatic nitrogens is 2. The first kappa shape index (κ1) is 14.3. The molecule has 0 unspecified atom stereocenters. The summed E-state index contributed by atoms with van der Waals surface area (Å²) in [6.45, 7) is 2.67. The Kier molecular flexibility index (Phi) is 4.90. The number of nitrogens with zero attached hydrogens (tertiary/aromatic N) is 1. The molecule has 1 aromatic heterocycles. The lowest BCUT2D eigenvalue weighted by Gasteiger charge is -2.04. The van der Waals surface area contributed by atoms with Crippen molar-refractivity contribution >= 4 is 11.7 Å². The lowest BCUT2D eigenvalue weighted by Crippen LogP contribution is -2.13. The Morgan fingerprint density at radius 3 is 2.95 bits per heavy atom. The lowest BCUT2D eigenvalue weighted by atomic mass is 10.1. The number of aromatic amines is 1. The van der Waals surface area contributed by atoms with Crippen LogP contribution in [0.15, 0.2) is 30.3 Å². The summed E-state index contributed by atoms with van der Waals surface area (Å²) in [6, 6.07) is 9.35. The summed E-state index contributed by atoms with van der Waals surface area (Å²) in [5, 5.41) is 9.79. The first-order valence-electron chi connectivity index (χ1n) is 6.87. The third-order valence-corrected chi connectivity index (χ3v) is 3.01. The van der Waals surface area contributed by atoms with Crippen LogP contribution in [0, 0.1) is 0 Å². The molecule has 106 valence electrons. The fraction of sp³-hybridized carbons (Fsp3) is 0.333. The second-order valence-electron chi connectivity index (χ2n) is 4.72. The number of carbonyl (C=O) groups is 1. The number of benzene rings is 1. The molecule has 0 aliphatic heterocycles. The Labute approximate surface area is 118 Å². The van der Waals surface area contributed by atoms with Crippen LogP contribution in [0.5, 0.6) is 0 Å². The molecule has 20 heavy (non-hydrogen) atoms. The van der Waals surface area contributed by atoms with Gasteiger partial charge in [0.1, 0.15) is 0 Å². The van der Waals surface area contributed by atoms with Gasteiger partial charge in [0, 0.05) is 17.3 Å². The monoisotopic (exact) mass is 272 g/mol. The van der Waals surface area contributed by atoms with Crippen LogP contribution in [0.25, 0.3) is 0 Å². The van der Waals surface area contributed by atoms with Gasteiger partial charge in [-0.2, -0.15) is 5.10 Å². The molecule has 1 aromatic carbocycles. The zero-order chi connectivity index (χ0) is 14.4. The van der Waals surface area contributed by atoms with E-state index in [-0.39, 0.29) is 5.91 Å². The van der Waals surface area contributed by atoms with Crippen LogP contribution in [0.1, 0.15) is 35.0 Å². The summed E-state index contributed by atoms with van der Waals surface area (Å²) in [5.74, 6) is 0.404. The van der Waals surface area contributed by atoms with Gasteiger partial charge in [0.15, 0.2) is 5.82 Å². The topological polar surface area (TPSA) is 83.8 Å². The Morgan fingerprint density at radius 1 is 1.35 bits per heavy atom. The molecular formula is C15H20N4O. The van der Waals surface area contributed by atoms with Crippen molar-refractivity contribution in [3.63, 3.8) is 0 Å². The van der Waals surface area contributed by atoms with E-state index in [1.165, 1.54) is 0 Å². The van der Waals surface area contributed by atoms with Crippen molar-refractivity contribution in [1.82, 2.24) is 10.2 Å². The van der Waals surface area contributed by atoms with Crippen LogP contribution in [0.3, 0.4) is 0 Å². The van der Waals surface area contributed by atoms with Gasteiger partial charge in [-0.3, -0.25) is 9.89 Å². The quantitative estimate of drug-likeness (QED) is 0.753. The van der Waals surface area contributed by atoms with E-state index in [2.05, 4.69) is 22.4 Å². The van der Waals surface area contributed by atoms with Crippen molar-refractivity contribution < 1.29 is 4.79 Å². The summed E-state index contributed by atoms with van der Waals surface area (Å²) in [6.07, 6.45) is 2.73. The molecule has 4 N–H and O–H groups in total. The third-order valence-electron chi connectivity index (χ3n) is 3.01. The van der Waals surface area contributed by atoms with E-state index in [0.717, 1.165) is 30.5 Å². The van der Waals surface area contributed by atoms with E-state index < -0.39 is 0 Å². The maximum Gasteiger partial charge on any atom is 0.256 e. The number of amides is 1. The van der Waals surface area contributed by atoms with E-state index in [4.69, 9.17) is 5.73 Å². The molecule has 5 heteroatoms. The maximum atomic E-state index is 12.1. The van der Waals surface area contributed by atoms with Crippen molar-refractivity contribution in [2.75, 3.05) is 11.9 Å². The van der Waals surface area contributed by atoms with Gasteiger partial charge >= 0.3 is 0 Å². The molecule has 0 fully saturated rings. The molecule has 0 aliphatic carbocycles. The summed E-state index contributed by atoms with van der Waals surface area (Å²) in [5.41, 5.74) is 8.24. The highest BCUT2D eigenvalue weighted by Gasteiger charge is 2.09. The molecule has 0 spiro atoms. The first-order chi connectivity index (χ1) is 9.72. The predicted octanol–water partition coefficient (Wildman–Crippen LogP) is 2.12. The molecule has 2 rings (SSSR count).